The molecule has 1 N–H and O–H groups in total. The SMILES string of the molecule is CC(=O)N1C[NH+](CCC(C)C)Cc2c1sc1c2CCCC1. The molecule has 1 aromatic rings. The Kier molecular flexibility index (Phi) is 4.36. The number of aryl methyl sites for hydroxylation is 1. The number of carbonyl (C=O) groups excluding carboxylic acids is 1. The standard InChI is InChI=1S/C17H26N2OS/c1-12(2)8-9-18-10-15-14-6-4-5-7-16(14)21-17(15)19(11-18)13(3)20/h12H,4-11H2,1-3H3/p+1. The van der Waals surface area contributed by atoms with Gasteiger partial charge in [-0.25, -0.2) is 0 Å². The number of hydrogen-bond acceptors (Lipinski definition) is 2. The molecule has 0 bridgehead atoms. The molecule has 4 heteroatoms. The number of thiophene rings is 1. The fraction of sp³-hybridized carbons (Fsp3) is 0.706. The number of fused-ring (bicyclic) bond motifs is 3. The van der Waals surface area contributed by atoms with Crippen molar-refractivity contribution in [2.75, 3.05) is 18.1 Å². The summed E-state index contributed by atoms with van der Waals surface area (Å²) in [7, 11) is 0. The summed E-state index contributed by atoms with van der Waals surface area (Å²) >= 11 is 1.89. The first kappa shape index (κ1) is 15.0. The molecule has 1 aliphatic carbocycles. The van der Waals surface area contributed by atoms with Crippen LogP contribution in [0.4, 0.5) is 5.00 Å². The van der Waals surface area contributed by atoms with Crippen LogP contribution in [0.1, 0.15) is 56.0 Å². The zero-order chi connectivity index (χ0) is 15.0. The summed E-state index contributed by atoms with van der Waals surface area (Å²) < 4.78 is 0. The second-order valence-electron chi connectivity index (χ2n) is 6.96. The Balaban J connectivity index is 1.88. The summed E-state index contributed by atoms with van der Waals surface area (Å²) in [6.45, 7) is 9.43. The van der Waals surface area contributed by atoms with Gasteiger partial charge in [-0.2, -0.15) is 0 Å². The molecule has 3 rings (SSSR count). The lowest BCUT2D eigenvalue weighted by molar-refractivity contribution is -0.914. The van der Waals surface area contributed by atoms with Gasteiger partial charge in [0, 0.05) is 17.4 Å². The number of carbonyl (C=O) groups is 1. The van der Waals surface area contributed by atoms with Gasteiger partial charge in [-0.1, -0.05) is 13.8 Å². The number of nitrogens with zero attached hydrogens (tertiary/aromatic N) is 1. The molecule has 0 aromatic carbocycles. The third-order valence-electron chi connectivity index (χ3n) is 4.77. The van der Waals surface area contributed by atoms with E-state index in [4.69, 9.17) is 0 Å². The maximum atomic E-state index is 12.1. The molecular formula is C17H27N2OS+. The lowest BCUT2D eigenvalue weighted by atomic mass is 9.94. The quantitative estimate of drug-likeness (QED) is 0.911. The second-order valence-corrected chi connectivity index (χ2v) is 8.04. The Morgan fingerprint density at radius 2 is 2.05 bits per heavy atom. The topological polar surface area (TPSA) is 24.8 Å². The van der Waals surface area contributed by atoms with Gasteiger partial charge in [0.2, 0.25) is 5.91 Å². The molecule has 1 amide bonds. The van der Waals surface area contributed by atoms with Crippen LogP contribution in [0.2, 0.25) is 0 Å². The molecule has 1 unspecified atom stereocenters. The Morgan fingerprint density at radius 1 is 1.29 bits per heavy atom. The van der Waals surface area contributed by atoms with Crippen LogP contribution in [0, 0.1) is 5.92 Å². The van der Waals surface area contributed by atoms with Gasteiger partial charge in [-0.15, -0.1) is 11.3 Å². The molecule has 1 aliphatic heterocycles. The molecule has 0 saturated heterocycles. The fourth-order valence-electron chi connectivity index (χ4n) is 3.53. The minimum Gasteiger partial charge on any atom is -0.314 e. The van der Waals surface area contributed by atoms with Gasteiger partial charge in [-0.05, 0) is 43.6 Å². The van der Waals surface area contributed by atoms with Crippen LogP contribution in [0.15, 0.2) is 0 Å². The van der Waals surface area contributed by atoms with E-state index in [-0.39, 0.29) is 5.91 Å². The first-order chi connectivity index (χ1) is 10.1. The number of amides is 1. The molecule has 0 fully saturated rings. The van der Waals surface area contributed by atoms with Gasteiger partial charge >= 0.3 is 0 Å². The number of hydrogen-bond donors (Lipinski definition) is 1. The first-order valence-corrected chi connectivity index (χ1v) is 9.13. The second kappa shape index (κ2) is 6.09. The molecule has 21 heavy (non-hydrogen) atoms. The Hall–Kier alpha value is -0.870. The summed E-state index contributed by atoms with van der Waals surface area (Å²) in [6.07, 6.45) is 6.32. The lowest BCUT2D eigenvalue weighted by Crippen LogP contribution is -3.13. The number of anilines is 1. The van der Waals surface area contributed by atoms with E-state index in [0.29, 0.717) is 0 Å². The maximum absolute atomic E-state index is 12.1. The normalized spacial score (nSPS) is 21.3. The summed E-state index contributed by atoms with van der Waals surface area (Å²) in [5.74, 6) is 0.942. The maximum Gasteiger partial charge on any atom is 0.228 e. The van der Waals surface area contributed by atoms with Crippen LogP contribution in [0.3, 0.4) is 0 Å². The van der Waals surface area contributed by atoms with Gasteiger partial charge < -0.3 is 4.90 Å². The van der Waals surface area contributed by atoms with Crippen molar-refractivity contribution in [2.45, 2.75) is 59.4 Å². The van der Waals surface area contributed by atoms with Gasteiger partial charge in [0.15, 0.2) is 6.67 Å². The Labute approximate surface area is 131 Å². The van der Waals surface area contributed by atoms with E-state index in [1.807, 2.05) is 16.2 Å². The third kappa shape index (κ3) is 3.02. The molecule has 1 atom stereocenters. The molecule has 0 spiro atoms. The average Bonchev–Trinajstić information content (AvgIpc) is 2.82. The highest BCUT2D eigenvalue weighted by Gasteiger charge is 2.33. The van der Waals surface area contributed by atoms with E-state index in [2.05, 4.69) is 13.8 Å². The summed E-state index contributed by atoms with van der Waals surface area (Å²) in [5.41, 5.74) is 3.09. The van der Waals surface area contributed by atoms with Crippen LogP contribution < -0.4 is 9.80 Å². The van der Waals surface area contributed by atoms with E-state index < -0.39 is 0 Å². The smallest absolute Gasteiger partial charge is 0.228 e. The minimum absolute atomic E-state index is 0.205. The van der Waals surface area contributed by atoms with Crippen molar-refractivity contribution in [2.24, 2.45) is 5.92 Å². The summed E-state index contributed by atoms with van der Waals surface area (Å²) in [4.78, 5) is 17.2. The van der Waals surface area contributed by atoms with Crippen LogP contribution in [-0.4, -0.2) is 19.1 Å². The van der Waals surface area contributed by atoms with E-state index in [9.17, 15) is 4.79 Å². The van der Waals surface area contributed by atoms with E-state index in [1.165, 1.54) is 49.2 Å². The number of quaternary nitrogens is 1. The average molecular weight is 307 g/mol. The molecule has 2 heterocycles. The van der Waals surface area contributed by atoms with Crippen LogP contribution in [0.5, 0.6) is 0 Å². The van der Waals surface area contributed by atoms with Crippen molar-refractivity contribution in [1.82, 2.24) is 0 Å². The summed E-state index contributed by atoms with van der Waals surface area (Å²) in [6, 6.07) is 0. The molecule has 0 radical (unpaired) electrons. The zero-order valence-electron chi connectivity index (χ0n) is 13.5. The van der Waals surface area contributed by atoms with Crippen molar-refractivity contribution in [3.05, 3.63) is 16.0 Å². The van der Waals surface area contributed by atoms with Crippen LogP contribution >= 0.6 is 11.3 Å². The van der Waals surface area contributed by atoms with Gasteiger partial charge in [-0.3, -0.25) is 9.69 Å². The van der Waals surface area contributed by atoms with Crippen molar-refractivity contribution in [3.63, 3.8) is 0 Å². The van der Waals surface area contributed by atoms with Crippen molar-refractivity contribution < 1.29 is 9.69 Å². The van der Waals surface area contributed by atoms with Gasteiger partial charge in [0.25, 0.3) is 0 Å². The monoisotopic (exact) mass is 307 g/mol. The first-order valence-electron chi connectivity index (χ1n) is 8.31. The van der Waals surface area contributed by atoms with Gasteiger partial charge in [0.1, 0.15) is 11.5 Å². The Morgan fingerprint density at radius 3 is 2.76 bits per heavy atom. The van der Waals surface area contributed by atoms with Crippen molar-refractivity contribution in [1.29, 1.82) is 0 Å². The molecule has 116 valence electrons. The highest BCUT2D eigenvalue weighted by molar-refractivity contribution is 7.16. The minimum atomic E-state index is 0.205. The molecule has 0 saturated carbocycles. The molecule has 3 nitrogen and oxygen atoms in total. The highest BCUT2D eigenvalue weighted by Crippen LogP contribution is 2.40. The lowest BCUT2D eigenvalue weighted by Gasteiger charge is -2.32. The Bertz CT molecular complexity index is 535. The van der Waals surface area contributed by atoms with Crippen molar-refractivity contribution >= 4 is 22.2 Å². The van der Waals surface area contributed by atoms with Crippen LogP contribution in [0.25, 0.3) is 0 Å². The molecule has 2 aliphatic rings. The zero-order valence-corrected chi connectivity index (χ0v) is 14.3. The van der Waals surface area contributed by atoms with E-state index in [0.717, 1.165) is 19.1 Å². The largest absolute Gasteiger partial charge is 0.314 e. The summed E-state index contributed by atoms with van der Waals surface area (Å²) in [5, 5.41) is 1.27. The van der Waals surface area contributed by atoms with Crippen molar-refractivity contribution in [3.8, 4) is 0 Å². The predicted molar refractivity (Wildman–Crippen MR) is 88.0 cm³/mol. The molecule has 1 aromatic heterocycles. The number of rotatable bonds is 3. The third-order valence-corrected chi connectivity index (χ3v) is 6.13. The van der Waals surface area contributed by atoms with Gasteiger partial charge in [0.05, 0.1) is 6.54 Å². The van der Waals surface area contributed by atoms with E-state index in [1.54, 1.807) is 22.3 Å². The number of nitrogens with one attached hydrogen (secondary N) is 1. The fourth-order valence-corrected chi connectivity index (χ4v) is 4.98. The predicted octanol–water partition coefficient (Wildman–Crippen LogP) is 2.38. The highest BCUT2D eigenvalue weighted by atomic mass is 32.1. The molecular weight excluding hydrogens is 280 g/mol. The van der Waals surface area contributed by atoms with E-state index >= 15 is 0 Å². The van der Waals surface area contributed by atoms with Crippen LogP contribution in [-0.2, 0) is 24.2 Å².